The van der Waals surface area contributed by atoms with Gasteiger partial charge in [0.25, 0.3) is 6.43 Å². The van der Waals surface area contributed by atoms with Crippen molar-refractivity contribution in [2.75, 3.05) is 12.3 Å². The zero-order valence-electron chi connectivity index (χ0n) is 9.84. The van der Waals surface area contributed by atoms with E-state index in [1.165, 1.54) is 0 Å². The summed E-state index contributed by atoms with van der Waals surface area (Å²) >= 11 is 0. The van der Waals surface area contributed by atoms with Gasteiger partial charge in [0.05, 0.1) is 12.0 Å². The minimum atomic E-state index is -2.54. The molecule has 1 rings (SSSR count). The SMILES string of the molecule is CC(C)(C(=O)NCC(F)F)c1ccc(N)cc1. The van der Waals surface area contributed by atoms with Crippen LogP contribution in [0.2, 0.25) is 0 Å². The van der Waals surface area contributed by atoms with Crippen LogP contribution in [0.25, 0.3) is 0 Å². The highest BCUT2D eigenvalue weighted by Gasteiger charge is 2.29. The Morgan fingerprint density at radius 3 is 2.35 bits per heavy atom. The molecule has 0 bridgehead atoms. The summed E-state index contributed by atoms with van der Waals surface area (Å²) in [5, 5.41) is 2.22. The maximum Gasteiger partial charge on any atom is 0.255 e. The molecule has 0 aliphatic heterocycles. The van der Waals surface area contributed by atoms with Gasteiger partial charge in [0.2, 0.25) is 5.91 Å². The van der Waals surface area contributed by atoms with Gasteiger partial charge in [0, 0.05) is 5.69 Å². The maximum absolute atomic E-state index is 12.0. The van der Waals surface area contributed by atoms with Crippen LogP contribution in [0.4, 0.5) is 14.5 Å². The second-order valence-electron chi connectivity index (χ2n) is 4.35. The van der Waals surface area contributed by atoms with E-state index >= 15 is 0 Å². The topological polar surface area (TPSA) is 55.1 Å². The van der Waals surface area contributed by atoms with Gasteiger partial charge in [0.15, 0.2) is 0 Å². The van der Waals surface area contributed by atoms with E-state index in [1.807, 2.05) is 0 Å². The zero-order chi connectivity index (χ0) is 13.1. The number of nitrogens with two attached hydrogens (primary N) is 1. The van der Waals surface area contributed by atoms with Crippen LogP contribution in [-0.4, -0.2) is 18.9 Å². The Kier molecular flexibility index (Phi) is 4.04. The fraction of sp³-hybridized carbons (Fsp3) is 0.417. The van der Waals surface area contributed by atoms with Gasteiger partial charge in [-0.15, -0.1) is 0 Å². The molecule has 0 fully saturated rings. The van der Waals surface area contributed by atoms with Crippen LogP contribution >= 0.6 is 0 Å². The molecular weight excluding hydrogens is 226 g/mol. The number of carbonyl (C=O) groups is 1. The minimum Gasteiger partial charge on any atom is -0.399 e. The molecule has 0 aliphatic rings. The number of amides is 1. The molecule has 94 valence electrons. The van der Waals surface area contributed by atoms with Crippen molar-refractivity contribution in [2.24, 2.45) is 0 Å². The molecular formula is C12H16F2N2O. The molecule has 0 spiro atoms. The normalized spacial score (nSPS) is 11.6. The highest BCUT2D eigenvalue weighted by molar-refractivity contribution is 5.87. The fourth-order valence-electron chi connectivity index (χ4n) is 1.42. The third-order valence-electron chi connectivity index (χ3n) is 2.62. The van der Waals surface area contributed by atoms with Crippen LogP contribution in [0.5, 0.6) is 0 Å². The highest BCUT2D eigenvalue weighted by atomic mass is 19.3. The standard InChI is InChI=1S/C12H16F2N2O/c1-12(2,11(17)16-7-10(13)14)8-3-5-9(15)6-4-8/h3-6,10H,7,15H2,1-2H3,(H,16,17). The molecule has 3 N–H and O–H groups in total. The fourth-order valence-corrected chi connectivity index (χ4v) is 1.42. The van der Waals surface area contributed by atoms with E-state index in [0.29, 0.717) is 5.69 Å². The summed E-state index contributed by atoms with van der Waals surface area (Å²) in [6, 6.07) is 6.80. The molecule has 1 aromatic carbocycles. The third kappa shape index (κ3) is 3.41. The number of hydrogen-bond donors (Lipinski definition) is 2. The van der Waals surface area contributed by atoms with Gasteiger partial charge >= 0.3 is 0 Å². The van der Waals surface area contributed by atoms with Crippen LogP contribution in [0.15, 0.2) is 24.3 Å². The second-order valence-corrected chi connectivity index (χ2v) is 4.35. The number of carbonyl (C=O) groups excluding carboxylic acids is 1. The number of rotatable bonds is 4. The third-order valence-corrected chi connectivity index (χ3v) is 2.62. The summed E-state index contributed by atoms with van der Waals surface area (Å²) in [5.41, 5.74) is 6.02. The molecule has 0 saturated heterocycles. The first-order valence-electron chi connectivity index (χ1n) is 5.26. The van der Waals surface area contributed by atoms with E-state index < -0.39 is 24.3 Å². The van der Waals surface area contributed by atoms with Crippen molar-refractivity contribution >= 4 is 11.6 Å². The van der Waals surface area contributed by atoms with E-state index in [0.717, 1.165) is 5.56 Å². The first kappa shape index (κ1) is 13.4. The average molecular weight is 242 g/mol. The molecule has 0 aliphatic carbocycles. The van der Waals surface area contributed by atoms with Gasteiger partial charge in [-0.2, -0.15) is 0 Å². The monoisotopic (exact) mass is 242 g/mol. The van der Waals surface area contributed by atoms with Crippen LogP contribution in [-0.2, 0) is 10.2 Å². The number of alkyl halides is 2. The van der Waals surface area contributed by atoms with Crippen molar-refractivity contribution in [3.05, 3.63) is 29.8 Å². The predicted octanol–water partition coefficient (Wildman–Crippen LogP) is 1.93. The van der Waals surface area contributed by atoms with Crippen molar-refractivity contribution < 1.29 is 13.6 Å². The van der Waals surface area contributed by atoms with Crippen molar-refractivity contribution in [3.63, 3.8) is 0 Å². The summed E-state index contributed by atoms with van der Waals surface area (Å²) in [4.78, 5) is 11.8. The molecule has 0 radical (unpaired) electrons. The molecule has 1 aromatic rings. The predicted molar refractivity (Wildman–Crippen MR) is 62.9 cm³/mol. The first-order chi connectivity index (χ1) is 7.84. The molecule has 0 heterocycles. The number of nitrogens with one attached hydrogen (secondary N) is 1. The molecule has 0 unspecified atom stereocenters. The summed E-state index contributed by atoms with van der Waals surface area (Å²) in [5.74, 6) is -0.428. The van der Waals surface area contributed by atoms with Gasteiger partial charge < -0.3 is 11.1 Å². The lowest BCUT2D eigenvalue weighted by Crippen LogP contribution is -2.41. The largest absolute Gasteiger partial charge is 0.399 e. The number of anilines is 1. The quantitative estimate of drug-likeness (QED) is 0.793. The number of hydrogen-bond acceptors (Lipinski definition) is 2. The summed E-state index contributed by atoms with van der Waals surface area (Å²) < 4.78 is 24.0. The highest BCUT2D eigenvalue weighted by Crippen LogP contribution is 2.24. The summed E-state index contributed by atoms with van der Waals surface area (Å²) in [6.07, 6.45) is -2.54. The molecule has 17 heavy (non-hydrogen) atoms. The Morgan fingerprint density at radius 2 is 1.88 bits per heavy atom. The summed E-state index contributed by atoms with van der Waals surface area (Å²) in [6.45, 7) is 2.73. The lowest BCUT2D eigenvalue weighted by Gasteiger charge is -2.24. The first-order valence-corrected chi connectivity index (χ1v) is 5.26. The molecule has 0 saturated carbocycles. The van der Waals surface area contributed by atoms with Crippen LogP contribution in [0.3, 0.4) is 0 Å². The molecule has 5 heteroatoms. The van der Waals surface area contributed by atoms with Crippen LogP contribution in [0.1, 0.15) is 19.4 Å². The van der Waals surface area contributed by atoms with Gasteiger partial charge in [-0.25, -0.2) is 8.78 Å². The Morgan fingerprint density at radius 1 is 1.35 bits per heavy atom. The number of halogens is 2. The van der Waals surface area contributed by atoms with Gasteiger partial charge in [0.1, 0.15) is 0 Å². The van der Waals surface area contributed by atoms with Crippen molar-refractivity contribution in [2.45, 2.75) is 25.7 Å². The van der Waals surface area contributed by atoms with Gasteiger partial charge in [-0.05, 0) is 31.5 Å². The van der Waals surface area contributed by atoms with Crippen molar-refractivity contribution in [3.8, 4) is 0 Å². The Hall–Kier alpha value is -1.65. The van der Waals surface area contributed by atoms with E-state index in [4.69, 9.17) is 5.73 Å². The Balaban J connectivity index is 2.79. The lowest BCUT2D eigenvalue weighted by molar-refractivity contribution is -0.126. The minimum absolute atomic E-state index is 0.428. The summed E-state index contributed by atoms with van der Waals surface area (Å²) in [7, 11) is 0. The van der Waals surface area contributed by atoms with E-state index in [1.54, 1.807) is 38.1 Å². The number of nitrogen functional groups attached to an aromatic ring is 1. The van der Waals surface area contributed by atoms with E-state index in [2.05, 4.69) is 5.32 Å². The second kappa shape index (κ2) is 5.12. The van der Waals surface area contributed by atoms with Crippen LogP contribution in [0, 0.1) is 0 Å². The zero-order valence-corrected chi connectivity index (χ0v) is 9.84. The lowest BCUT2D eigenvalue weighted by atomic mass is 9.83. The van der Waals surface area contributed by atoms with E-state index in [9.17, 15) is 13.6 Å². The smallest absolute Gasteiger partial charge is 0.255 e. The molecule has 0 atom stereocenters. The molecule has 3 nitrogen and oxygen atoms in total. The maximum atomic E-state index is 12.0. The van der Waals surface area contributed by atoms with Crippen molar-refractivity contribution in [1.82, 2.24) is 5.32 Å². The van der Waals surface area contributed by atoms with Crippen molar-refractivity contribution in [1.29, 1.82) is 0 Å². The Bertz CT molecular complexity index is 388. The average Bonchev–Trinajstić information content (AvgIpc) is 2.26. The molecule has 0 aromatic heterocycles. The van der Waals surface area contributed by atoms with Crippen LogP contribution < -0.4 is 11.1 Å². The van der Waals surface area contributed by atoms with Gasteiger partial charge in [-0.3, -0.25) is 4.79 Å². The Labute approximate surface area is 99.0 Å². The van der Waals surface area contributed by atoms with E-state index in [-0.39, 0.29) is 0 Å². The van der Waals surface area contributed by atoms with Gasteiger partial charge in [-0.1, -0.05) is 12.1 Å². The molecule has 1 amide bonds. The number of benzene rings is 1.